The van der Waals surface area contributed by atoms with Gasteiger partial charge in [-0.3, -0.25) is 14.7 Å². The minimum Gasteiger partial charge on any atom is -0.368 e. The number of hydrogen-bond acceptors (Lipinski definition) is 5. The number of hydrogen-bond donors (Lipinski definition) is 0. The summed E-state index contributed by atoms with van der Waals surface area (Å²) < 4.78 is 0. The molecule has 6 heteroatoms. The van der Waals surface area contributed by atoms with Crippen LogP contribution in [0.1, 0.15) is 18.4 Å². The fraction of sp³-hybridized carbons (Fsp3) is 0.391. The van der Waals surface area contributed by atoms with Crippen LogP contribution in [0.25, 0.3) is 6.08 Å². The van der Waals surface area contributed by atoms with Gasteiger partial charge >= 0.3 is 0 Å². The van der Waals surface area contributed by atoms with Crippen LogP contribution in [0.5, 0.6) is 0 Å². The van der Waals surface area contributed by atoms with Gasteiger partial charge in [0.05, 0.1) is 16.8 Å². The van der Waals surface area contributed by atoms with E-state index >= 15 is 0 Å². The summed E-state index contributed by atoms with van der Waals surface area (Å²) in [5.74, 6) is 0.969. The fourth-order valence-corrected chi connectivity index (χ4v) is 5.15. The number of carbonyl (C=O) groups excluding carboxylic acids is 1. The van der Waals surface area contributed by atoms with Gasteiger partial charge in [-0.1, -0.05) is 18.2 Å². The minimum atomic E-state index is 0.0719. The van der Waals surface area contributed by atoms with Crippen LogP contribution in [-0.2, 0) is 4.79 Å². The first-order valence-electron chi connectivity index (χ1n) is 10.4. The highest BCUT2D eigenvalue weighted by molar-refractivity contribution is 8.04. The van der Waals surface area contributed by atoms with Gasteiger partial charge in [0.25, 0.3) is 5.91 Å². The summed E-state index contributed by atoms with van der Waals surface area (Å²) in [6, 6.07) is 13.2. The Kier molecular flexibility index (Phi) is 5.29. The molecule has 0 bridgehead atoms. The topological polar surface area (TPSA) is 39.7 Å². The number of benzene rings is 1. The summed E-state index contributed by atoms with van der Waals surface area (Å²) in [7, 11) is 0. The molecule has 0 atom stereocenters. The highest BCUT2D eigenvalue weighted by Crippen LogP contribution is 2.33. The molecule has 1 saturated carbocycles. The SMILES string of the molecule is O=C1/C(=C\c2ccccc2N2CCN(C3CC3)CC2)SCCN1c1cccnc1. The maximum absolute atomic E-state index is 13.1. The molecule has 2 aromatic rings. The third-order valence-electron chi connectivity index (χ3n) is 5.93. The van der Waals surface area contributed by atoms with E-state index in [2.05, 4.69) is 45.1 Å². The molecular weight excluding hydrogens is 380 g/mol. The van der Waals surface area contributed by atoms with Crippen molar-refractivity contribution in [3.05, 3.63) is 59.3 Å². The molecular formula is C23H26N4OS. The third-order valence-corrected chi connectivity index (χ3v) is 6.92. The number of para-hydroxylation sites is 1. The van der Waals surface area contributed by atoms with E-state index in [1.54, 1.807) is 24.2 Å². The lowest BCUT2D eigenvalue weighted by molar-refractivity contribution is -0.114. The van der Waals surface area contributed by atoms with Crippen LogP contribution >= 0.6 is 11.8 Å². The number of amides is 1. The first-order valence-corrected chi connectivity index (χ1v) is 11.4. The van der Waals surface area contributed by atoms with Crippen LogP contribution in [0.3, 0.4) is 0 Å². The first kappa shape index (κ1) is 18.7. The molecule has 0 radical (unpaired) electrons. The van der Waals surface area contributed by atoms with E-state index < -0.39 is 0 Å². The Morgan fingerprint density at radius 1 is 1.00 bits per heavy atom. The second-order valence-corrected chi connectivity index (χ2v) is 8.97. The molecule has 0 unspecified atom stereocenters. The molecule has 5 nitrogen and oxygen atoms in total. The molecule has 0 N–H and O–H groups in total. The molecule has 1 amide bonds. The first-order chi connectivity index (χ1) is 14.3. The van der Waals surface area contributed by atoms with Crippen LogP contribution in [0.2, 0.25) is 0 Å². The van der Waals surface area contributed by atoms with E-state index in [0.717, 1.165) is 60.7 Å². The van der Waals surface area contributed by atoms with Gasteiger partial charge in [0.1, 0.15) is 0 Å². The van der Waals surface area contributed by atoms with Gasteiger partial charge in [-0.2, -0.15) is 0 Å². The lowest BCUT2D eigenvalue weighted by Gasteiger charge is -2.37. The van der Waals surface area contributed by atoms with Crippen LogP contribution in [0.15, 0.2) is 53.7 Å². The van der Waals surface area contributed by atoms with Crippen molar-refractivity contribution in [3.8, 4) is 0 Å². The molecule has 2 saturated heterocycles. The molecule has 29 heavy (non-hydrogen) atoms. The smallest absolute Gasteiger partial charge is 0.264 e. The Hall–Kier alpha value is -2.31. The van der Waals surface area contributed by atoms with E-state index in [4.69, 9.17) is 0 Å². The lowest BCUT2D eigenvalue weighted by atomic mass is 10.1. The minimum absolute atomic E-state index is 0.0719. The Labute approximate surface area is 176 Å². The van der Waals surface area contributed by atoms with E-state index in [0.29, 0.717) is 0 Å². The zero-order chi connectivity index (χ0) is 19.6. The number of pyridine rings is 1. The average Bonchev–Trinajstić information content (AvgIpc) is 3.62. The maximum atomic E-state index is 13.1. The average molecular weight is 407 g/mol. The largest absolute Gasteiger partial charge is 0.368 e. The molecule has 1 aliphatic carbocycles. The summed E-state index contributed by atoms with van der Waals surface area (Å²) in [5, 5.41) is 0. The number of anilines is 2. The maximum Gasteiger partial charge on any atom is 0.264 e. The van der Waals surface area contributed by atoms with Gasteiger partial charge in [-0.25, -0.2) is 0 Å². The highest BCUT2D eigenvalue weighted by Gasteiger charge is 2.31. The standard InChI is InChI=1S/C23H26N4OS/c28-23-22(29-15-14-27(23)20-5-3-9-24-17-20)16-18-4-1-2-6-21(18)26-12-10-25(11-13-26)19-7-8-19/h1-6,9,16-17,19H,7-8,10-15H2/b22-16+. The van der Waals surface area contributed by atoms with E-state index in [9.17, 15) is 4.79 Å². The Balaban J connectivity index is 1.37. The zero-order valence-corrected chi connectivity index (χ0v) is 17.4. The monoisotopic (exact) mass is 406 g/mol. The van der Waals surface area contributed by atoms with E-state index in [1.807, 2.05) is 17.0 Å². The van der Waals surface area contributed by atoms with Gasteiger partial charge < -0.3 is 9.80 Å². The van der Waals surface area contributed by atoms with E-state index in [1.165, 1.54) is 18.5 Å². The second kappa shape index (κ2) is 8.20. The number of rotatable bonds is 4. The van der Waals surface area contributed by atoms with Crippen LogP contribution in [0, 0.1) is 0 Å². The quantitative estimate of drug-likeness (QED) is 0.727. The normalized spacial score (nSPS) is 22.3. The third kappa shape index (κ3) is 4.05. The lowest BCUT2D eigenvalue weighted by Crippen LogP contribution is -2.47. The van der Waals surface area contributed by atoms with Crippen molar-refractivity contribution in [2.75, 3.05) is 48.3 Å². The number of carbonyl (C=O) groups is 1. The molecule has 3 fully saturated rings. The van der Waals surface area contributed by atoms with Crippen molar-refractivity contribution >= 4 is 35.1 Å². The molecule has 3 heterocycles. The number of aromatic nitrogens is 1. The molecule has 1 aromatic heterocycles. The van der Waals surface area contributed by atoms with Crippen molar-refractivity contribution in [1.29, 1.82) is 0 Å². The molecule has 0 spiro atoms. The summed E-state index contributed by atoms with van der Waals surface area (Å²) >= 11 is 1.66. The van der Waals surface area contributed by atoms with Crippen molar-refractivity contribution in [2.45, 2.75) is 18.9 Å². The predicted octanol–water partition coefficient (Wildman–Crippen LogP) is 3.49. The zero-order valence-electron chi connectivity index (χ0n) is 16.5. The van der Waals surface area contributed by atoms with E-state index in [-0.39, 0.29) is 5.91 Å². The fourth-order valence-electron chi connectivity index (χ4n) is 4.21. The van der Waals surface area contributed by atoms with Gasteiger partial charge in [-0.05, 0) is 42.7 Å². The molecule has 1 aromatic carbocycles. The molecule has 5 rings (SSSR count). The van der Waals surface area contributed by atoms with Gasteiger partial charge in [-0.15, -0.1) is 11.8 Å². The van der Waals surface area contributed by atoms with Gasteiger partial charge in [0, 0.05) is 56.4 Å². The van der Waals surface area contributed by atoms with Crippen LogP contribution in [0.4, 0.5) is 11.4 Å². The van der Waals surface area contributed by atoms with Crippen molar-refractivity contribution in [1.82, 2.24) is 9.88 Å². The van der Waals surface area contributed by atoms with Crippen LogP contribution in [-0.4, -0.2) is 60.3 Å². The number of thioether (sulfide) groups is 1. The second-order valence-electron chi connectivity index (χ2n) is 7.84. The number of piperazine rings is 1. The van der Waals surface area contributed by atoms with Crippen molar-refractivity contribution < 1.29 is 4.79 Å². The molecule has 2 aliphatic heterocycles. The molecule has 150 valence electrons. The summed E-state index contributed by atoms with van der Waals surface area (Å²) in [5.41, 5.74) is 3.24. The Morgan fingerprint density at radius 3 is 2.59 bits per heavy atom. The Bertz CT molecular complexity index is 904. The van der Waals surface area contributed by atoms with Gasteiger partial charge in [0.2, 0.25) is 0 Å². The summed E-state index contributed by atoms with van der Waals surface area (Å²) in [6.07, 6.45) is 8.32. The highest BCUT2D eigenvalue weighted by atomic mass is 32.2. The number of nitrogens with zero attached hydrogens (tertiary/aromatic N) is 4. The van der Waals surface area contributed by atoms with Crippen LogP contribution < -0.4 is 9.80 Å². The summed E-state index contributed by atoms with van der Waals surface area (Å²) in [4.78, 5) is 25.1. The van der Waals surface area contributed by atoms with Gasteiger partial charge in [0.15, 0.2) is 0 Å². The summed E-state index contributed by atoms with van der Waals surface area (Å²) in [6.45, 7) is 5.10. The Morgan fingerprint density at radius 2 is 1.83 bits per heavy atom. The molecule has 3 aliphatic rings. The van der Waals surface area contributed by atoms with Crippen molar-refractivity contribution in [3.63, 3.8) is 0 Å². The predicted molar refractivity (Wildman–Crippen MR) is 120 cm³/mol. The van der Waals surface area contributed by atoms with Crippen molar-refractivity contribution in [2.24, 2.45) is 0 Å².